The van der Waals surface area contributed by atoms with E-state index in [4.69, 9.17) is 0 Å². The molecule has 0 heterocycles. The summed E-state index contributed by atoms with van der Waals surface area (Å²) in [5.74, 6) is 0. The Morgan fingerprint density at radius 2 is 0.912 bits per heavy atom. The molecule has 0 aromatic heterocycles. The number of aliphatic hydroxyl groups is 2. The van der Waals surface area contributed by atoms with Crippen LogP contribution in [0.3, 0.4) is 0 Å². The zero-order valence-electron chi connectivity index (χ0n) is 23.4. The molecule has 210 valence electrons. The highest BCUT2D eigenvalue weighted by atomic mass is 79.9. The molecule has 34 heavy (non-hydrogen) atoms. The van der Waals surface area contributed by atoms with Crippen LogP contribution in [0.2, 0.25) is 0 Å². The molecule has 0 radical (unpaired) electrons. The predicted molar refractivity (Wildman–Crippen MR) is 139 cm³/mol. The van der Waals surface area contributed by atoms with Gasteiger partial charge in [-0.2, -0.15) is 0 Å². The fraction of sp³-hybridized carbons (Fsp3) is 1.00. The van der Waals surface area contributed by atoms with Crippen molar-refractivity contribution in [2.24, 2.45) is 5.41 Å². The lowest BCUT2D eigenvalue weighted by Crippen LogP contribution is -3.22. The van der Waals surface area contributed by atoms with Crippen molar-refractivity contribution in [1.29, 1.82) is 0 Å². The van der Waals surface area contributed by atoms with Crippen molar-refractivity contribution in [2.75, 3.05) is 32.8 Å². The van der Waals surface area contributed by atoms with Crippen LogP contribution < -0.4 is 44.6 Å². The minimum Gasteiger partial charge on any atom is -1.00 e. The van der Waals surface area contributed by atoms with Crippen LogP contribution in [0.25, 0.3) is 0 Å². The van der Waals surface area contributed by atoms with Crippen molar-refractivity contribution >= 4 is 0 Å². The molecule has 0 saturated heterocycles. The summed E-state index contributed by atoms with van der Waals surface area (Å²) in [5.41, 5.74) is 4.37. The zero-order valence-corrected chi connectivity index (χ0v) is 26.6. The number of halogens is 2. The maximum atomic E-state index is 9.72. The third-order valence-electron chi connectivity index (χ3n) is 8.74. The van der Waals surface area contributed by atoms with Crippen molar-refractivity contribution in [2.45, 2.75) is 142 Å². The van der Waals surface area contributed by atoms with Crippen molar-refractivity contribution in [3.63, 3.8) is 0 Å². The van der Waals surface area contributed by atoms with Gasteiger partial charge in [0.2, 0.25) is 0 Å². The maximum Gasteiger partial charge on any atom is 0.103 e. The van der Waals surface area contributed by atoms with E-state index >= 15 is 0 Å². The van der Waals surface area contributed by atoms with Crippen molar-refractivity contribution in [3.05, 3.63) is 0 Å². The Kier molecular flexibility index (Phi) is 29.4. The molecular weight excluding hydrogens is 556 g/mol. The van der Waals surface area contributed by atoms with E-state index in [2.05, 4.69) is 33.4 Å². The first-order valence-electron chi connectivity index (χ1n) is 14.4. The van der Waals surface area contributed by atoms with Gasteiger partial charge in [-0.1, -0.05) is 91.9 Å². The third-order valence-corrected chi connectivity index (χ3v) is 8.74. The van der Waals surface area contributed by atoms with Gasteiger partial charge in [0.1, 0.15) is 18.6 Å². The number of unbranched alkanes of at least 4 members (excludes halogenated alkanes) is 11. The maximum absolute atomic E-state index is 9.72. The van der Waals surface area contributed by atoms with E-state index in [1.54, 1.807) is 0 Å². The van der Waals surface area contributed by atoms with Crippen LogP contribution in [0, 0.1) is 5.41 Å². The molecule has 0 fully saturated rings. The highest BCUT2D eigenvalue weighted by molar-refractivity contribution is 4.96. The van der Waals surface area contributed by atoms with Gasteiger partial charge in [-0.05, 0) is 44.9 Å². The Balaban J connectivity index is -0.00000480. The number of aliphatic hydroxyl groups excluding tert-OH is 2. The van der Waals surface area contributed by atoms with Crippen LogP contribution in [-0.4, -0.2) is 48.6 Å². The molecule has 6 N–H and O–H groups in total. The van der Waals surface area contributed by atoms with Gasteiger partial charge < -0.3 is 54.8 Å². The van der Waals surface area contributed by atoms with Crippen LogP contribution in [-0.2, 0) is 0 Å². The molecule has 0 rings (SSSR count). The van der Waals surface area contributed by atoms with Gasteiger partial charge in [-0.25, -0.2) is 0 Å². The number of rotatable bonds is 24. The van der Waals surface area contributed by atoms with E-state index in [9.17, 15) is 10.2 Å². The summed E-state index contributed by atoms with van der Waals surface area (Å²) >= 11 is 0. The Hall–Kier alpha value is 0.800. The summed E-state index contributed by atoms with van der Waals surface area (Å²) < 4.78 is 0. The summed E-state index contributed by atoms with van der Waals surface area (Å²) in [7, 11) is 0. The lowest BCUT2D eigenvalue weighted by atomic mass is 9.60. The molecule has 0 amide bonds. The Labute approximate surface area is 234 Å². The largest absolute Gasteiger partial charge is 1.00 e. The van der Waals surface area contributed by atoms with Crippen LogP contribution in [0.4, 0.5) is 0 Å². The summed E-state index contributed by atoms with van der Waals surface area (Å²) in [6.07, 6.45) is 22.5. The number of nitrogens with one attached hydrogen (secondary N) is 1. The van der Waals surface area contributed by atoms with E-state index in [0.29, 0.717) is 5.41 Å². The lowest BCUT2D eigenvalue weighted by Gasteiger charge is -2.53. The summed E-state index contributed by atoms with van der Waals surface area (Å²) in [6.45, 7) is 12.4. The first-order valence-corrected chi connectivity index (χ1v) is 14.4. The number of hydrogen-bond acceptors (Lipinski definition) is 2. The minimum absolute atomic E-state index is 0. The first kappa shape index (κ1) is 39.3. The lowest BCUT2D eigenvalue weighted by molar-refractivity contribution is -0.964. The first-order chi connectivity index (χ1) is 15.6. The molecule has 0 spiro atoms. The van der Waals surface area contributed by atoms with E-state index in [-0.39, 0.29) is 52.7 Å². The van der Waals surface area contributed by atoms with Gasteiger partial charge in [0.05, 0.1) is 19.8 Å². The van der Waals surface area contributed by atoms with Gasteiger partial charge in [-0.3, -0.25) is 0 Å². The van der Waals surface area contributed by atoms with Gasteiger partial charge >= 0.3 is 0 Å². The molecule has 0 aromatic rings. The van der Waals surface area contributed by atoms with E-state index in [0.717, 1.165) is 32.5 Å². The smallest absolute Gasteiger partial charge is 0.103 e. The third kappa shape index (κ3) is 13.4. The average molecular weight is 619 g/mol. The molecule has 0 aliphatic carbocycles. The van der Waals surface area contributed by atoms with Crippen LogP contribution in [0.1, 0.15) is 137 Å². The molecule has 0 atom stereocenters. The Bertz CT molecular complexity index is 400. The van der Waals surface area contributed by atoms with Gasteiger partial charge in [0.25, 0.3) is 0 Å². The van der Waals surface area contributed by atoms with E-state index in [1.165, 1.54) is 101 Å². The topological polar surface area (TPSA) is 72.5 Å². The van der Waals surface area contributed by atoms with Gasteiger partial charge in [0.15, 0.2) is 0 Å². The van der Waals surface area contributed by atoms with Gasteiger partial charge in [0, 0.05) is 5.41 Å². The normalized spacial score (nSPS) is 12.0. The molecule has 0 bridgehead atoms. The Morgan fingerprint density at radius 3 is 1.21 bits per heavy atom. The second-order valence-corrected chi connectivity index (χ2v) is 10.2. The predicted octanol–water partition coefficient (Wildman–Crippen LogP) is -1.46. The summed E-state index contributed by atoms with van der Waals surface area (Å²) in [4.78, 5) is 1.42. The summed E-state index contributed by atoms with van der Waals surface area (Å²) in [5, 5.41) is 19.4. The zero-order chi connectivity index (χ0) is 24.1. The highest BCUT2D eigenvalue weighted by Crippen LogP contribution is 2.45. The minimum atomic E-state index is 0. The fourth-order valence-electron chi connectivity index (χ4n) is 6.68. The number of quaternary nitrogens is 2. The van der Waals surface area contributed by atoms with Crippen LogP contribution in [0.5, 0.6) is 0 Å². The van der Waals surface area contributed by atoms with E-state index in [1.807, 2.05) is 0 Å². The standard InChI is InChI=1S/C28H60N2O2.2BrH/c1-5-27(6-2,28(7-3,8-4)30(23-25-31)24-26-32)21-19-17-15-13-11-9-10-12-14-16-18-20-22-29;;/h31-32H,5-26,29H2,1-4H3;2*1H. The molecule has 0 aliphatic heterocycles. The molecule has 4 nitrogen and oxygen atoms in total. The van der Waals surface area contributed by atoms with Crippen molar-refractivity contribution < 1.29 is 54.8 Å². The highest BCUT2D eigenvalue weighted by Gasteiger charge is 2.52. The van der Waals surface area contributed by atoms with Crippen LogP contribution >= 0.6 is 0 Å². The molecule has 0 unspecified atom stereocenters. The molecular formula is C28H62Br2N2O2. The number of hydrogen-bond donors (Lipinski definition) is 4. The van der Waals surface area contributed by atoms with E-state index < -0.39 is 0 Å². The summed E-state index contributed by atoms with van der Waals surface area (Å²) in [6, 6.07) is 0. The van der Waals surface area contributed by atoms with Crippen molar-refractivity contribution in [1.82, 2.24) is 0 Å². The monoisotopic (exact) mass is 616 g/mol. The molecule has 0 saturated carbocycles. The second kappa shape index (κ2) is 25.4. The average Bonchev–Trinajstić information content (AvgIpc) is 2.82. The fourth-order valence-corrected chi connectivity index (χ4v) is 6.68. The van der Waals surface area contributed by atoms with Gasteiger partial charge in [-0.15, -0.1) is 0 Å². The molecule has 0 aromatic carbocycles. The SMILES string of the molecule is CCC(CC)(CCCCCCCCCCCCCC[NH3+])C(CC)(CC)[NH+](CCO)CCO.[Br-].[Br-]. The Morgan fingerprint density at radius 1 is 0.559 bits per heavy atom. The van der Waals surface area contributed by atoms with Crippen molar-refractivity contribution in [3.8, 4) is 0 Å². The quantitative estimate of drug-likeness (QED) is 0.100. The molecule has 0 aliphatic rings. The molecule has 6 heteroatoms. The second-order valence-electron chi connectivity index (χ2n) is 10.2. The van der Waals surface area contributed by atoms with Crippen LogP contribution in [0.15, 0.2) is 0 Å².